The lowest BCUT2D eigenvalue weighted by Crippen LogP contribution is -1.85. The Hall–Kier alpha value is -12.0. The van der Waals surface area contributed by atoms with Gasteiger partial charge in [-0.3, -0.25) is 34.9 Å². The van der Waals surface area contributed by atoms with Crippen LogP contribution in [0.15, 0.2) is 320 Å². The van der Waals surface area contributed by atoms with Crippen molar-refractivity contribution in [3.8, 4) is 0 Å². The highest BCUT2D eigenvalue weighted by molar-refractivity contribution is 7.07. The van der Waals surface area contributed by atoms with Crippen molar-refractivity contribution >= 4 is 88.0 Å². The van der Waals surface area contributed by atoms with Gasteiger partial charge in [0.05, 0.1) is 61.4 Å². The molecule has 0 aliphatic carbocycles. The van der Waals surface area contributed by atoms with Crippen molar-refractivity contribution in [3.05, 3.63) is 311 Å². The molecule has 0 spiro atoms. The van der Waals surface area contributed by atoms with Crippen molar-refractivity contribution in [1.29, 1.82) is 0 Å². The summed E-state index contributed by atoms with van der Waals surface area (Å²) in [6.45, 7) is 0. The molecule has 0 aliphatic heterocycles. The maximum Gasteiger partial charge on any atom is 0.203 e. The Labute approximate surface area is 491 Å². The van der Waals surface area contributed by atoms with Crippen LogP contribution in [0.3, 0.4) is 0 Å². The predicted molar refractivity (Wildman–Crippen MR) is 332 cm³/mol. The number of fused-ring (bicyclic) bond motifs is 7. The summed E-state index contributed by atoms with van der Waals surface area (Å²) in [7, 11) is 0. The van der Waals surface area contributed by atoms with Crippen molar-refractivity contribution in [1.82, 2.24) is 85.4 Å². The first-order valence-electron chi connectivity index (χ1n) is 25.8. The summed E-state index contributed by atoms with van der Waals surface area (Å²) >= 11 is 1.49. The van der Waals surface area contributed by atoms with E-state index in [0.29, 0.717) is 0 Å². The number of pyridine rings is 4. The molecule has 0 N–H and O–H groups in total. The molecule has 6 aromatic carbocycles. The summed E-state index contributed by atoms with van der Waals surface area (Å²) in [5, 5.41) is 25.5. The smallest absolute Gasteiger partial charge is 0.203 e. The Kier molecular flexibility index (Phi) is 24.7. The fraction of sp³-hybridized carbons (Fsp3) is 0. The number of rotatable bonds is 0. The minimum Gasteiger partial charge on any atom is -0.452 e. The summed E-state index contributed by atoms with van der Waals surface area (Å²) < 4.78 is 8.83. The molecule has 0 amide bonds. The van der Waals surface area contributed by atoms with Gasteiger partial charge in [-0.2, -0.15) is 10.2 Å². The SMILES string of the molecule is c1ccc2cnccc2c1.c1ccc2nc3ccccc3cc2c1.c1ccc2nc3ccccc3nc2c1.c1ccc2nccnc2c1.c1ccnnc1.c1cnc2cccnc2c1.c1cnccn1.c1cocn1.c1nnco1.c1nncs1. The van der Waals surface area contributed by atoms with E-state index in [9.17, 15) is 0 Å². The first-order chi connectivity index (χ1) is 42.3. The average molecular weight is 1130 g/mol. The van der Waals surface area contributed by atoms with E-state index in [2.05, 4.69) is 125 Å². The second-order valence-electron chi connectivity index (χ2n) is 16.5. The fourth-order valence-electron chi connectivity index (χ4n) is 7.08. The van der Waals surface area contributed by atoms with Crippen LogP contribution in [0.1, 0.15) is 0 Å². The maximum atomic E-state index is 4.58. The zero-order valence-electron chi connectivity index (χ0n) is 45.3. The summed E-state index contributed by atoms with van der Waals surface area (Å²) in [5.41, 5.74) is 13.1. The van der Waals surface area contributed by atoms with Crippen molar-refractivity contribution in [2.24, 2.45) is 0 Å². The van der Waals surface area contributed by atoms with Gasteiger partial charge in [-0.15, -0.1) is 31.7 Å². The topological polar surface area (TPSA) is 245 Å². The quantitative estimate of drug-likeness (QED) is 0.128. The molecule has 0 fully saturated rings. The molecular formula is C65H51N17O2S. The van der Waals surface area contributed by atoms with Crippen LogP contribution in [-0.2, 0) is 0 Å². The summed E-state index contributed by atoms with van der Waals surface area (Å²) in [6, 6.07) is 63.7. The Balaban J connectivity index is 0.000000126. The van der Waals surface area contributed by atoms with E-state index in [1.807, 2.05) is 176 Å². The minimum absolute atomic E-state index is 0.949. The normalized spacial score (nSPS) is 9.65. The molecule has 0 bridgehead atoms. The third kappa shape index (κ3) is 21.2. The first-order valence-corrected chi connectivity index (χ1v) is 26.8. The summed E-state index contributed by atoms with van der Waals surface area (Å²) in [5.74, 6) is 0. The van der Waals surface area contributed by atoms with Crippen molar-refractivity contribution in [2.45, 2.75) is 0 Å². The number of oxazole rings is 1. The highest BCUT2D eigenvalue weighted by atomic mass is 32.1. The van der Waals surface area contributed by atoms with Gasteiger partial charge in [0.1, 0.15) is 17.3 Å². The zero-order valence-corrected chi connectivity index (χ0v) is 46.1. The standard InChI is InChI=1S/C13H9N.C12H8N2.C9H7N.2C8H6N2.2C4H4N2.C3H3NO.C2H2N2O.C2H2N2S/c1-3-7-12-10(5-1)9-11-6-2-4-8-13(11)14-12;1-2-6-10-9(5-1)13-11-7-3-4-8-12(11)14-10;1-2-4-9-7-10-6-5-8(9)3-1;1-3-7-8(9-5-1)4-2-6-10-7;1-2-4-8-7(3-1)9-5-6-10-8;1-2-6-4-3-5-1;1-2-4-6-5-3-1;1-2-5-3-4-1;2*1-3-4-2-5-1/h1-9H;1-8H;1-7H;2*1-6H;2*1-4H;1-3H;2*1-2H. The van der Waals surface area contributed by atoms with Gasteiger partial charge in [0, 0.05) is 85.1 Å². The van der Waals surface area contributed by atoms with E-state index < -0.39 is 0 Å². The van der Waals surface area contributed by atoms with Gasteiger partial charge in [0.2, 0.25) is 12.8 Å². The van der Waals surface area contributed by atoms with Crippen LogP contribution >= 0.6 is 11.3 Å². The summed E-state index contributed by atoms with van der Waals surface area (Å²) in [6.07, 6.45) is 27.4. The van der Waals surface area contributed by atoms with Gasteiger partial charge in [0.25, 0.3) is 0 Å². The van der Waals surface area contributed by atoms with E-state index >= 15 is 0 Å². The monoisotopic (exact) mass is 1130 g/mol. The lowest BCUT2D eigenvalue weighted by molar-refractivity contribution is 0.553. The Morgan fingerprint density at radius 3 is 1.02 bits per heavy atom. The molecule has 0 unspecified atom stereocenters. The Morgan fingerprint density at radius 1 is 0.247 bits per heavy atom. The van der Waals surface area contributed by atoms with Gasteiger partial charge < -0.3 is 8.83 Å². The van der Waals surface area contributed by atoms with Crippen molar-refractivity contribution in [2.75, 3.05) is 0 Å². The third-order valence-electron chi connectivity index (χ3n) is 10.8. The molecule has 19 nitrogen and oxygen atoms in total. The van der Waals surface area contributed by atoms with Crippen molar-refractivity contribution < 1.29 is 8.83 Å². The largest absolute Gasteiger partial charge is 0.452 e. The molecule has 17 aromatic rings. The zero-order chi connectivity index (χ0) is 58.3. The molecule has 0 saturated carbocycles. The van der Waals surface area contributed by atoms with Gasteiger partial charge in [-0.25, -0.2) is 19.9 Å². The maximum absolute atomic E-state index is 4.58. The minimum atomic E-state index is 0.949. The average Bonchev–Trinajstić information content (AvgIpc) is 4.62. The highest BCUT2D eigenvalue weighted by Gasteiger charge is 1.99. The van der Waals surface area contributed by atoms with E-state index in [0.717, 1.165) is 55.2 Å². The molecular weight excluding hydrogens is 1080 g/mol. The molecule has 0 aliphatic rings. The van der Waals surface area contributed by atoms with Gasteiger partial charge in [-0.05, 0) is 108 Å². The highest BCUT2D eigenvalue weighted by Crippen LogP contribution is 2.19. The fourth-order valence-corrected chi connectivity index (χ4v) is 7.35. The van der Waals surface area contributed by atoms with E-state index in [4.69, 9.17) is 0 Å². The molecule has 0 atom stereocenters. The predicted octanol–water partition coefficient (Wildman–Crippen LogP) is 13.9. The van der Waals surface area contributed by atoms with Crippen LogP contribution in [0.5, 0.6) is 0 Å². The second kappa shape index (κ2) is 35.6. The van der Waals surface area contributed by atoms with Crippen LogP contribution in [-0.4, -0.2) is 85.4 Å². The summed E-state index contributed by atoms with van der Waals surface area (Å²) in [4.78, 5) is 45.1. The van der Waals surface area contributed by atoms with E-state index in [1.54, 1.807) is 79.2 Å². The Bertz CT molecular complexity index is 3600. The molecule has 20 heteroatoms. The number of hydrogen-bond acceptors (Lipinski definition) is 20. The lowest BCUT2D eigenvalue weighted by atomic mass is 10.1. The third-order valence-corrected chi connectivity index (χ3v) is 11.3. The number of benzene rings is 6. The van der Waals surface area contributed by atoms with Gasteiger partial charge >= 0.3 is 0 Å². The first kappa shape index (κ1) is 59.1. The molecule has 0 radical (unpaired) electrons. The van der Waals surface area contributed by atoms with Gasteiger partial charge in [-0.1, -0.05) is 97.1 Å². The molecule has 0 saturated heterocycles. The van der Waals surface area contributed by atoms with E-state index in [1.165, 1.54) is 58.3 Å². The molecule has 11 heterocycles. The van der Waals surface area contributed by atoms with Crippen molar-refractivity contribution in [3.63, 3.8) is 0 Å². The number of nitrogens with zero attached hydrogens (tertiary/aromatic N) is 17. The van der Waals surface area contributed by atoms with Crippen LogP contribution in [0.2, 0.25) is 0 Å². The molecule has 85 heavy (non-hydrogen) atoms. The number of para-hydroxylation sites is 8. The van der Waals surface area contributed by atoms with Crippen LogP contribution in [0.25, 0.3) is 76.7 Å². The van der Waals surface area contributed by atoms with Crippen LogP contribution in [0, 0.1) is 0 Å². The molecule has 414 valence electrons. The second-order valence-corrected chi connectivity index (χ2v) is 17.2. The Morgan fingerprint density at radius 2 is 0.659 bits per heavy atom. The number of hydrogen-bond donors (Lipinski definition) is 0. The number of aromatic nitrogens is 17. The molecule has 17 rings (SSSR count). The lowest BCUT2D eigenvalue weighted by Gasteiger charge is -1.99. The van der Waals surface area contributed by atoms with Crippen LogP contribution < -0.4 is 0 Å². The van der Waals surface area contributed by atoms with E-state index in [-0.39, 0.29) is 0 Å². The van der Waals surface area contributed by atoms with Gasteiger partial charge in [0.15, 0.2) is 6.39 Å². The molecule has 11 aromatic heterocycles. The van der Waals surface area contributed by atoms with Crippen LogP contribution in [0.4, 0.5) is 0 Å².